The van der Waals surface area contributed by atoms with Crippen molar-refractivity contribution >= 4 is 20.6 Å². The summed E-state index contributed by atoms with van der Waals surface area (Å²) in [4.78, 5) is 1.08. The molecule has 0 radical (unpaired) electrons. The standard InChI is InChI=1S/C13H9F2S.Ti/c14-11-7-6-10(13(15)8-11)9-16-12-4-2-1-3-5-12;/h1-7,9,16H;. The van der Waals surface area contributed by atoms with E-state index in [0.29, 0.717) is 5.56 Å². The summed E-state index contributed by atoms with van der Waals surface area (Å²) in [5.74, 6) is -0.982. The normalized spacial score (nSPS) is 11.4. The van der Waals surface area contributed by atoms with E-state index in [1.165, 1.54) is 32.6 Å². The summed E-state index contributed by atoms with van der Waals surface area (Å²) in [7, 11) is 0. The van der Waals surface area contributed by atoms with Crippen LogP contribution in [-0.2, 0) is 20.4 Å². The van der Waals surface area contributed by atoms with E-state index in [4.69, 9.17) is 0 Å². The molecule has 2 aromatic carbocycles. The van der Waals surface area contributed by atoms with Crippen molar-refractivity contribution in [2.45, 2.75) is 4.90 Å². The molecule has 2 aromatic rings. The topological polar surface area (TPSA) is 0 Å². The Kier molecular flexibility index (Phi) is 4.27. The van der Waals surface area contributed by atoms with Crippen LogP contribution in [0.2, 0.25) is 0 Å². The number of thiol groups is 1. The molecule has 0 spiro atoms. The van der Waals surface area contributed by atoms with E-state index in [2.05, 4.69) is 0 Å². The van der Waals surface area contributed by atoms with Gasteiger partial charge in [-0.15, -0.1) is 0 Å². The van der Waals surface area contributed by atoms with Gasteiger partial charge < -0.3 is 0 Å². The molecular weight excluding hydrogens is 274 g/mol. The fourth-order valence-corrected chi connectivity index (χ4v) is 2.51. The molecule has 2 rings (SSSR count). The summed E-state index contributed by atoms with van der Waals surface area (Å²) in [5, 5.41) is 1.75. The van der Waals surface area contributed by atoms with Crippen molar-refractivity contribution in [1.29, 1.82) is 0 Å². The van der Waals surface area contributed by atoms with Gasteiger partial charge in [0.15, 0.2) is 0 Å². The van der Waals surface area contributed by atoms with Crippen LogP contribution in [0.15, 0.2) is 47.4 Å². The first-order chi connectivity index (χ1) is 8.18. The van der Waals surface area contributed by atoms with Crippen LogP contribution in [0, 0.1) is 11.6 Å². The van der Waals surface area contributed by atoms with Gasteiger partial charge in [0, 0.05) is 0 Å². The van der Waals surface area contributed by atoms with Gasteiger partial charge in [-0.3, -0.25) is 0 Å². The second-order valence-electron chi connectivity index (χ2n) is 3.42. The van der Waals surface area contributed by atoms with Gasteiger partial charge in [-0.2, -0.15) is 0 Å². The molecule has 0 aliphatic heterocycles. The molecule has 4 heteroatoms. The third kappa shape index (κ3) is 3.12. The molecule has 0 N–H and O–H groups in total. The van der Waals surface area contributed by atoms with Crippen molar-refractivity contribution in [3.05, 3.63) is 59.7 Å². The molecule has 0 aliphatic carbocycles. The second-order valence-corrected chi connectivity index (χ2v) is 5.23. The molecule has 0 amide bonds. The molecule has 17 heavy (non-hydrogen) atoms. The Balaban J connectivity index is 2.31. The van der Waals surface area contributed by atoms with Gasteiger partial charge in [-0.1, -0.05) is 0 Å². The van der Waals surface area contributed by atoms with E-state index >= 15 is 0 Å². The van der Waals surface area contributed by atoms with Crippen LogP contribution in [-0.4, -0.2) is 5.37 Å². The van der Waals surface area contributed by atoms with Gasteiger partial charge in [0.25, 0.3) is 0 Å². The van der Waals surface area contributed by atoms with E-state index in [-0.39, 0.29) is 3.87 Å². The van der Waals surface area contributed by atoms with Gasteiger partial charge in [-0.05, 0) is 0 Å². The van der Waals surface area contributed by atoms with Crippen LogP contribution in [0.1, 0.15) is 5.56 Å². The Labute approximate surface area is 114 Å². The second kappa shape index (κ2) is 5.72. The number of hydrogen-bond acceptors (Lipinski definition) is 0. The molecule has 0 aliphatic rings. The van der Waals surface area contributed by atoms with Crippen LogP contribution < -0.4 is 3.87 Å². The molecule has 0 saturated carbocycles. The Morgan fingerprint density at radius 2 is 1.71 bits per heavy atom. The third-order valence-electron chi connectivity index (χ3n) is 2.23. The molecule has 0 unspecified atom stereocenters. The summed E-state index contributed by atoms with van der Waals surface area (Å²) < 4.78 is 26.8. The summed E-state index contributed by atoms with van der Waals surface area (Å²) in [6.45, 7) is 0. The van der Waals surface area contributed by atoms with Crippen LogP contribution in [0.25, 0.3) is 0 Å². The number of rotatable bonds is 2. The minimum atomic E-state index is -0.504. The first-order valence-corrected chi connectivity index (χ1v) is 6.71. The van der Waals surface area contributed by atoms with E-state index in [1.807, 2.05) is 30.3 Å². The Morgan fingerprint density at radius 1 is 1.00 bits per heavy atom. The fourth-order valence-electron chi connectivity index (χ4n) is 1.33. The zero-order valence-corrected chi connectivity index (χ0v) is 11.3. The molecule has 0 aromatic heterocycles. The van der Waals surface area contributed by atoms with Crippen molar-refractivity contribution < 1.29 is 29.2 Å². The first kappa shape index (κ1) is 12.7. The Hall–Kier alpha value is -0.766. The van der Waals surface area contributed by atoms with Gasteiger partial charge in [-0.25, -0.2) is 0 Å². The van der Waals surface area contributed by atoms with E-state index < -0.39 is 11.6 Å². The van der Waals surface area contributed by atoms with Gasteiger partial charge in [0.05, 0.1) is 0 Å². The van der Waals surface area contributed by atoms with Crippen molar-refractivity contribution in [3.63, 3.8) is 0 Å². The SMILES string of the molecule is Fc1ccc(C=[SH]c2ccccc2)c(F)[c]1[Ti]. The molecule has 0 nitrogen and oxygen atoms in total. The molecule has 85 valence electrons. The summed E-state index contributed by atoms with van der Waals surface area (Å²) in [6, 6.07) is 12.5. The van der Waals surface area contributed by atoms with E-state index in [0.717, 1.165) is 16.2 Å². The van der Waals surface area contributed by atoms with Crippen LogP contribution in [0.3, 0.4) is 0 Å². The maximum atomic E-state index is 13.7. The van der Waals surface area contributed by atoms with Crippen LogP contribution >= 0.6 is 11.4 Å². The monoisotopic (exact) mass is 283 g/mol. The Morgan fingerprint density at radius 3 is 2.41 bits per heavy atom. The van der Waals surface area contributed by atoms with Gasteiger partial charge in [0.2, 0.25) is 0 Å². The molecule has 0 heterocycles. The van der Waals surface area contributed by atoms with E-state index in [9.17, 15) is 8.78 Å². The fraction of sp³-hybridized carbons (Fsp3) is 0. The number of benzene rings is 2. The molecule has 0 atom stereocenters. The van der Waals surface area contributed by atoms with Gasteiger partial charge in [0.1, 0.15) is 0 Å². The van der Waals surface area contributed by atoms with Crippen molar-refractivity contribution in [2.24, 2.45) is 0 Å². The van der Waals surface area contributed by atoms with E-state index in [1.54, 1.807) is 5.37 Å². The minimum absolute atomic E-state index is 0.0713. The maximum absolute atomic E-state index is 13.7. The number of hydrogen-bond donors (Lipinski definition) is 1. The molecule has 0 saturated heterocycles. The number of halogens is 2. The zero-order chi connectivity index (χ0) is 12.3. The average molecular weight is 283 g/mol. The predicted molar refractivity (Wildman–Crippen MR) is 64.9 cm³/mol. The van der Waals surface area contributed by atoms with Crippen molar-refractivity contribution in [1.82, 2.24) is 0 Å². The average Bonchev–Trinajstić information content (AvgIpc) is 2.36. The third-order valence-corrected chi connectivity index (χ3v) is 3.95. The van der Waals surface area contributed by atoms with Crippen molar-refractivity contribution in [2.75, 3.05) is 0 Å². The molecule has 0 fully saturated rings. The summed E-state index contributed by atoms with van der Waals surface area (Å²) >= 11 is 2.35. The Bertz CT molecular complexity index is 553. The van der Waals surface area contributed by atoms with Crippen LogP contribution in [0.5, 0.6) is 0 Å². The van der Waals surface area contributed by atoms with Gasteiger partial charge >= 0.3 is 114 Å². The molecular formula is C13H9F2STi. The summed E-state index contributed by atoms with van der Waals surface area (Å²) in [6.07, 6.45) is 0. The summed E-state index contributed by atoms with van der Waals surface area (Å²) in [5.41, 5.74) is 0.439. The predicted octanol–water partition coefficient (Wildman–Crippen LogP) is 2.81. The van der Waals surface area contributed by atoms with Crippen molar-refractivity contribution in [3.8, 4) is 0 Å². The molecule has 0 bridgehead atoms. The quantitative estimate of drug-likeness (QED) is 0.489. The van der Waals surface area contributed by atoms with Crippen LogP contribution in [0.4, 0.5) is 8.78 Å². The first-order valence-electron chi connectivity index (χ1n) is 4.97. The zero-order valence-electron chi connectivity index (χ0n) is 8.82.